The third-order valence-electron chi connectivity index (χ3n) is 6.14. The Morgan fingerprint density at radius 2 is 1.71 bits per heavy atom. The number of hydrogen-bond donors (Lipinski definition) is 2. The van der Waals surface area contributed by atoms with E-state index in [4.69, 9.17) is 15.9 Å². The monoisotopic (exact) mass is 476 g/mol. The Hall–Kier alpha value is -2.74. The van der Waals surface area contributed by atoms with Gasteiger partial charge in [0.25, 0.3) is 0 Å². The molecule has 1 aliphatic heterocycles. The Balaban J connectivity index is 1.54. The van der Waals surface area contributed by atoms with Crippen molar-refractivity contribution in [3.8, 4) is 5.75 Å². The molecule has 0 spiro atoms. The van der Waals surface area contributed by atoms with Gasteiger partial charge in [-0.05, 0) is 74.4 Å². The average Bonchev–Trinajstić information content (AvgIpc) is 2.83. The number of rotatable bonds is 10. The molecule has 3 N–H and O–H groups in total. The molecule has 5 nitrogen and oxygen atoms in total. The van der Waals surface area contributed by atoms with Crippen molar-refractivity contribution in [2.45, 2.75) is 44.7 Å². The summed E-state index contributed by atoms with van der Waals surface area (Å²) in [4.78, 5) is 4.08. The van der Waals surface area contributed by atoms with Gasteiger partial charge in [0, 0.05) is 31.7 Å². The molecule has 3 rings (SSSR count). The lowest BCUT2D eigenvalue weighted by atomic mass is 9.90. The first-order chi connectivity index (χ1) is 16.4. The maximum atomic E-state index is 12.3. The summed E-state index contributed by atoms with van der Waals surface area (Å²) < 4.78 is 42.3. The number of nitrogens with one attached hydrogen (secondary N) is 1. The Labute approximate surface area is 200 Å². The van der Waals surface area contributed by atoms with Gasteiger partial charge >= 0.3 is 6.18 Å². The van der Waals surface area contributed by atoms with Crippen molar-refractivity contribution in [1.82, 2.24) is 4.90 Å². The summed E-state index contributed by atoms with van der Waals surface area (Å²) >= 11 is 0. The number of piperidine rings is 1. The lowest BCUT2D eigenvalue weighted by Gasteiger charge is -2.38. The summed E-state index contributed by atoms with van der Waals surface area (Å²) in [6.45, 7) is 2.86. The van der Waals surface area contributed by atoms with E-state index in [1.54, 1.807) is 12.1 Å². The van der Waals surface area contributed by atoms with Gasteiger partial charge in [-0.3, -0.25) is 5.41 Å². The average molecular weight is 477 g/mol. The van der Waals surface area contributed by atoms with Gasteiger partial charge in [0.2, 0.25) is 0 Å². The fourth-order valence-corrected chi connectivity index (χ4v) is 4.26. The molecule has 0 saturated carbocycles. The van der Waals surface area contributed by atoms with Crippen LogP contribution in [0.5, 0.6) is 5.75 Å². The molecule has 1 fully saturated rings. The van der Waals surface area contributed by atoms with Crippen molar-refractivity contribution < 1.29 is 17.9 Å². The van der Waals surface area contributed by atoms with Gasteiger partial charge in [0.1, 0.15) is 5.75 Å². The number of nitrogens with two attached hydrogens (primary N) is 1. The lowest BCUT2D eigenvalue weighted by Crippen LogP contribution is -2.48. The highest BCUT2D eigenvalue weighted by Gasteiger charge is 2.26. The number of ether oxygens (including phenoxy) is 1. The van der Waals surface area contributed by atoms with Crippen LogP contribution in [0.25, 0.3) is 0 Å². The Morgan fingerprint density at radius 1 is 1.03 bits per heavy atom. The minimum atomic E-state index is -4.16. The number of hydrogen-bond acceptors (Lipinski definition) is 3. The van der Waals surface area contributed by atoms with Crippen LogP contribution in [0.3, 0.4) is 0 Å². The summed E-state index contributed by atoms with van der Waals surface area (Å²) in [6.07, 6.45) is -1.16. The molecule has 1 heterocycles. The molecule has 0 aliphatic carbocycles. The second kappa shape index (κ2) is 12.6. The Morgan fingerprint density at radius 3 is 2.32 bits per heavy atom. The number of anilines is 1. The zero-order chi connectivity index (χ0) is 24.4. The fourth-order valence-electron chi connectivity index (χ4n) is 4.26. The molecular formula is C26H35F3N4O. The third kappa shape index (κ3) is 8.24. The molecule has 2 aromatic rings. The van der Waals surface area contributed by atoms with Gasteiger partial charge in [-0.15, -0.1) is 0 Å². The van der Waals surface area contributed by atoms with Crippen molar-refractivity contribution in [1.29, 1.82) is 5.41 Å². The van der Waals surface area contributed by atoms with Gasteiger partial charge in [0.15, 0.2) is 5.96 Å². The highest BCUT2D eigenvalue weighted by molar-refractivity contribution is 5.93. The summed E-state index contributed by atoms with van der Waals surface area (Å²) in [5.41, 5.74) is 7.95. The van der Waals surface area contributed by atoms with Crippen molar-refractivity contribution in [3.05, 3.63) is 60.2 Å². The van der Waals surface area contributed by atoms with Crippen LogP contribution >= 0.6 is 0 Å². The van der Waals surface area contributed by atoms with E-state index in [1.165, 1.54) is 5.56 Å². The Bertz CT molecular complexity index is 866. The summed E-state index contributed by atoms with van der Waals surface area (Å²) in [5.74, 6) is 1.61. The molecule has 186 valence electrons. The predicted octanol–water partition coefficient (Wildman–Crippen LogP) is 5.45. The predicted molar refractivity (Wildman–Crippen MR) is 130 cm³/mol. The molecule has 0 radical (unpaired) electrons. The zero-order valence-corrected chi connectivity index (χ0v) is 19.6. The summed E-state index contributed by atoms with van der Waals surface area (Å²) in [6, 6.07) is 17.7. The molecule has 8 heteroatoms. The van der Waals surface area contributed by atoms with Crippen LogP contribution in [0, 0.1) is 11.3 Å². The second-order valence-corrected chi connectivity index (χ2v) is 8.80. The molecular weight excluding hydrogens is 441 g/mol. The molecule has 0 aromatic heterocycles. The maximum Gasteiger partial charge on any atom is 0.389 e. The van der Waals surface area contributed by atoms with E-state index in [2.05, 4.69) is 29.2 Å². The number of benzene rings is 2. The van der Waals surface area contributed by atoms with Crippen molar-refractivity contribution >= 4 is 11.6 Å². The van der Waals surface area contributed by atoms with E-state index in [-0.39, 0.29) is 13.0 Å². The van der Waals surface area contributed by atoms with Crippen LogP contribution in [-0.4, -0.2) is 49.8 Å². The van der Waals surface area contributed by atoms with Crippen LogP contribution in [0.4, 0.5) is 18.9 Å². The van der Waals surface area contributed by atoms with E-state index >= 15 is 0 Å². The molecule has 1 aliphatic rings. The fraction of sp³-hybridized carbons (Fsp3) is 0.500. The summed E-state index contributed by atoms with van der Waals surface area (Å²) in [5, 5.41) is 8.86. The normalized spacial score (nSPS) is 14.8. The number of guanidine groups is 1. The minimum Gasteiger partial charge on any atom is -0.494 e. The van der Waals surface area contributed by atoms with Crippen molar-refractivity contribution in [2.24, 2.45) is 11.7 Å². The minimum absolute atomic E-state index is 0.0174. The van der Waals surface area contributed by atoms with Crippen LogP contribution in [-0.2, 0) is 6.42 Å². The van der Waals surface area contributed by atoms with Gasteiger partial charge < -0.3 is 20.3 Å². The molecule has 0 amide bonds. The third-order valence-corrected chi connectivity index (χ3v) is 6.14. The first-order valence-electron chi connectivity index (χ1n) is 12.0. The zero-order valence-electron chi connectivity index (χ0n) is 19.6. The van der Waals surface area contributed by atoms with Gasteiger partial charge in [-0.1, -0.05) is 30.3 Å². The van der Waals surface area contributed by atoms with Crippen molar-refractivity contribution in [2.75, 3.05) is 37.7 Å². The van der Waals surface area contributed by atoms with E-state index in [0.29, 0.717) is 30.7 Å². The van der Waals surface area contributed by atoms with Gasteiger partial charge in [-0.2, -0.15) is 13.2 Å². The molecule has 0 bridgehead atoms. The number of halogens is 3. The molecule has 0 atom stereocenters. The Kier molecular flexibility index (Phi) is 9.62. The van der Waals surface area contributed by atoms with Crippen LogP contribution in [0.1, 0.15) is 37.7 Å². The number of alkyl halides is 3. The first kappa shape index (κ1) is 25.9. The largest absolute Gasteiger partial charge is 0.494 e. The summed E-state index contributed by atoms with van der Waals surface area (Å²) in [7, 11) is 0. The second-order valence-electron chi connectivity index (χ2n) is 8.80. The SMILES string of the molecule is N=C(N1CCC(Cc2ccccc2)CC1)N(CCCN)c1ccc(OCCCC(F)(F)F)cc1. The number of likely N-dealkylation sites (tertiary alicyclic amines) is 1. The molecule has 0 unspecified atom stereocenters. The first-order valence-corrected chi connectivity index (χ1v) is 12.0. The van der Waals surface area contributed by atoms with Gasteiger partial charge in [-0.25, -0.2) is 0 Å². The standard InChI is InChI=1S/C26H35F3N4O/c27-26(28,29)14-4-19-34-24-10-8-23(9-11-24)33(16-5-15-30)25(31)32-17-12-22(13-18-32)20-21-6-2-1-3-7-21/h1-3,6-11,22,31H,4-5,12-20,30H2. The maximum absolute atomic E-state index is 12.3. The molecule has 34 heavy (non-hydrogen) atoms. The van der Waals surface area contributed by atoms with Crippen LogP contribution < -0.4 is 15.4 Å². The molecule has 1 saturated heterocycles. The van der Waals surface area contributed by atoms with Crippen LogP contribution in [0.2, 0.25) is 0 Å². The highest BCUT2D eigenvalue weighted by Crippen LogP contribution is 2.26. The molecule has 2 aromatic carbocycles. The van der Waals surface area contributed by atoms with Crippen LogP contribution in [0.15, 0.2) is 54.6 Å². The van der Waals surface area contributed by atoms with Crippen molar-refractivity contribution in [3.63, 3.8) is 0 Å². The topological polar surface area (TPSA) is 65.6 Å². The van der Waals surface area contributed by atoms with E-state index < -0.39 is 12.6 Å². The highest BCUT2D eigenvalue weighted by atomic mass is 19.4. The van der Waals surface area contributed by atoms with E-state index in [1.807, 2.05) is 23.1 Å². The van der Waals surface area contributed by atoms with E-state index in [9.17, 15) is 13.2 Å². The lowest BCUT2D eigenvalue weighted by molar-refractivity contribution is -0.136. The number of nitrogens with zero attached hydrogens (tertiary/aromatic N) is 2. The quantitative estimate of drug-likeness (QED) is 0.272. The van der Waals surface area contributed by atoms with E-state index in [0.717, 1.165) is 44.5 Å². The smallest absolute Gasteiger partial charge is 0.389 e. The van der Waals surface area contributed by atoms with Gasteiger partial charge in [0.05, 0.1) is 6.61 Å².